The Morgan fingerprint density at radius 1 is 1.30 bits per heavy atom. The number of hydrogen-bond donors (Lipinski definition) is 3. The predicted octanol–water partition coefficient (Wildman–Crippen LogP) is 2.60. The second kappa shape index (κ2) is 4.09. The Bertz CT molecular complexity index is 625. The predicted molar refractivity (Wildman–Crippen MR) is 80.7 cm³/mol. The average Bonchev–Trinajstić information content (AvgIpc) is 2.76. The van der Waals surface area contributed by atoms with Crippen molar-refractivity contribution in [1.29, 1.82) is 0 Å². The third kappa shape index (κ3) is 1.73. The van der Waals surface area contributed by atoms with Crippen molar-refractivity contribution in [2.75, 3.05) is 6.61 Å². The van der Waals surface area contributed by atoms with Crippen molar-refractivity contribution in [1.82, 2.24) is 10.3 Å². The summed E-state index contributed by atoms with van der Waals surface area (Å²) >= 11 is 0. The lowest BCUT2D eigenvalue weighted by molar-refractivity contribution is -0.181. The maximum atomic E-state index is 9.33. The molecular formula is C17H22N2O. The topological polar surface area (TPSA) is 48.0 Å². The Kier molecular flexibility index (Phi) is 2.54. The highest BCUT2D eigenvalue weighted by molar-refractivity contribution is 5.83. The summed E-state index contributed by atoms with van der Waals surface area (Å²) in [5.74, 6) is 0. The maximum absolute atomic E-state index is 9.33. The molecule has 0 radical (unpaired) electrons. The van der Waals surface area contributed by atoms with Gasteiger partial charge in [-0.05, 0) is 49.7 Å². The smallest absolute Gasteiger partial charge is 0.0489 e. The molecule has 3 aliphatic rings. The number of nitrogens with one attached hydrogen (secondary N) is 2. The Hall–Kier alpha value is -1.32. The summed E-state index contributed by atoms with van der Waals surface area (Å²) < 4.78 is 0. The van der Waals surface area contributed by atoms with E-state index >= 15 is 0 Å². The fraction of sp³-hybridized carbons (Fsp3) is 0.529. The minimum Gasteiger partial charge on any atom is -0.396 e. The van der Waals surface area contributed by atoms with Gasteiger partial charge in [-0.3, -0.25) is 0 Å². The second-order valence-electron chi connectivity index (χ2n) is 7.08. The van der Waals surface area contributed by atoms with Gasteiger partial charge in [-0.1, -0.05) is 18.2 Å². The third-order valence-electron chi connectivity index (χ3n) is 5.23. The molecule has 0 saturated heterocycles. The normalized spacial score (nSPS) is 32.7. The Labute approximate surface area is 119 Å². The Morgan fingerprint density at radius 3 is 2.80 bits per heavy atom. The second-order valence-corrected chi connectivity index (χ2v) is 7.08. The summed E-state index contributed by atoms with van der Waals surface area (Å²) in [6.45, 7) is 2.64. The van der Waals surface area contributed by atoms with Gasteiger partial charge in [0, 0.05) is 35.3 Å². The van der Waals surface area contributed by atoms with Gasteiger partial charge in [0.25, 0.3) is 0 Å². The van der Waals surface area contributed by atoms with Gasteiger partial charge in [0.1, 0.15) is 0 Å². The molecule has 5 rings (SSSR count). The molecule has 3 aliphatic carbocycles. The van der Waals surface area contributed by atoms with Gasteiger partial charge in [0.15, 0.2) is 0 Å². The molecule has 3 heteroatoms. The van der Waals surface area contributed by atoms with Crippen molar-refractivity contribution in [2.24, 2.45) is 5.41 Å². The van der Waals surface area contributed by atoms with Gasteiger partial charge in [0.05, 0.1) is 0 Å². The molecule has 0 amide bonds. The molecule has 3 nitrogen and oxygen atoms in total. The highest BCUT2D eigenvalue weighted by atomic mass is 16.3. The lowest BCUT2D eigenvalue weighted by atomic mass is 9.39. The molecule has 1 aromatic heterocycles. The van der Waals surface area contributed by atoms with E-state index in [1.54, 1.807) is 0 Å². The molecule has 1 heterocycles. The van der Waals surface area contributed by atoms with E-state index in [1.807, 2.05) is 0 Å². The van der Waals surface area contributed by atoms with Crippen LogP contribution in [0.5, 0.6) is 0 Å². The summed E-state index contributed by atoms with van der Waals surface area (Å²) in [5, 5.41) is 14.5. The van der Waals surface area contributed by atoms with Crippen LogP contribution in [0.2, 0.25) is 0 Å². The van der Waals surface area contributed by atoms with E-state index in [2.05, 4.69) is 47.7 Å². The number of rotatable bonds is 5. The lowest BCUT2D eigenvalue weighted by Gasteiger charge is -2.71. The summed E-state index contributed by atoms with van der Waals surface area (Å²) in [6.07, 6.45) is 6.68. The van der Waals surface area contributed by atoms with E-state index < -0.39 is 0 Å². The quantitative estimate of drug-likeness (QED) is 0.782. The van der Waals surface area contributed by atoms with Crippen LogP contribution in [0.1, 0.15) is 31.7 Å². The SMILES string of the molecule is CC(Cc1c[nH]c2ccccc12)NC12CC(CO)(C1)C2. The van der Waals surface area contributed by atoms with Crippen LogP contribution < -0.4 is 5.32 Å². The molecule has 0 spiro atoms. The lowest BCUT2D eigenvalue weighted by Crippen LogP contribution is -2.76. The number of fused-ring (bicyclic) bond motifs is 1. The third-order valence-corrected chi connectivity index (χ3v) is 5.23. The molecule has 2 aromatic rings. The molecule has 1 atom stereocenters. The molecule has 3 saturated carbocycles. The first-order chi connectivity index (χ1) is 9.64. The molecule has 1 unspecified atom stereocenters. The minimum absolute atomic E-state index is 0.285. The fourth-order valence-electron chi connectivity index (χ4n) is 4.52. The summed E-state index contributed by atoms with van der Waals surface area (Å²) in [4.78, 5) is 3.35. The van der Waals surface area contributed by atoms with Crippen LogP contribution >= 0.6 is 0 Å². The molecular weight excluding hydrogens is 248 g/mol. The maximum Gasteiger partial charge on any atom is 0.0489 e. The van der Waals surface area contributed by atoms with E-state index in [1.165, 1.54) is 16.5 Å². The largest absolute Gasteiger partial charge is 0.396 e. The summed E-state index contributed by atoms with van der Waals surface area (Å²) in [5.41, 5.74) is 3.24. The molecule has 1 aromatic carbocycles. The number of benzene rings is 1. The van der Waals surface area contributed by atoms with Gasteiger partial charge in [0.2, 0.25) is 0 Å². The Morgan fingerprint density at radius 2 is 2.05 bits per heavy atom. The number of H-pyrrole nitrogens is 1. The zero-order valence-corrected chi connectivity index (χ0v) is 11.9. The molecule has 2 bridgehead atoms. The van der Waals surface area contributed by atoms with Crippen molar-refractivity contribution in [3.63, 3.8) is 0 Å². The molecule has 0 aliphatic heterocycles. The van der Waals surface area contributed by atoms with Crippen molar-refractivity contribution >= 4 is 10.9 Å². The summed E-state index contributed by atoms with van der Waals surface area (Å²) in [6, 6.07) is 8.97. The molecule has 106 valence electrons. The van der Waals surface area contributed by atoms with Gasteiger partial charge >= 0.3 is 0 Å². The van der Waals surface area contributed by atoms with Gasteiger partial charge < -0.3 is 15.4 Å². The van der Waals surface area contributed by atoms with Crippen molar-refractivity contribution in [2.45, 2.75) is 44.2 Å². The highest BCUT2D eigenvalue weighted by Crippen LogP contribution is 2.66. The number of para-hydroxylation sites is 1. The first-order valence-corrected chi connectivity index (χ1v) is 7.57. The van der Waals surface area contributed by atoms with E-state index in [4.69, 9.17) is 0 Å². The first kappa shape index (κ1) is 12.4. The standard InChI is InChI=1S/C17H22N2O/c1-12(19-17-8-16(9-17,10-17)11-20)6-13-7-18-15-5-3-2-4-14(13)15/h2-5,7,12,18-20H,6,8-11H2,1H3. The molecule has 20 heavy (non-hydrogen) atoms. The minimum atomic E-state index is 0.285. The van der Waals surface area contributed by atoms with Crippen molar-refractivity contribution in [3.8, 4) is 0 Å². The van der Waals surface area contributed by atoms with Crippen LogP contribution in [0.3, 0.4) is 0 Å². The average molecular weight is 270 g/mol. The van der Waals surface area contributed by atoms with Crippen LogP contribution in [0, 0.1) is 5.41 Å². The van der Waals surface area contributed by atoms with E-state index in [0.717, 1.165) is 25.7 Å². The van der Waals surface area contributed by atoms with Crippen molar-refractivity contribution in [3.05, 3.63) is 36.0 Å². The number of aromatic nitrogens is 1. The number of aliphatic hydroxyl groups is 1. The van der Waals surface area contributed by atoms with Crippen LogP contribution in [0.15, 0.2) is 30.5 Å². The molecule has 3 fully saturated rings. The van der Waals surface area contributed by atoms with Crippen molar-refractivity contribution < 1.29 is 5.11 Å². The van der Waals surface area contributed by atoms with E-state index in [9.17, 15) is 5.11 Å². The fourth-order valence-corrected chi connectivity index (χ4v) is 4.52. The number of aliphatic hydroxyl groups excluding tert-OH is 1. The van der Waals surface area contributed by atoms with Crippen LogP contribution in [-0.4, -0.2) is 28.3 Å². The Balaban J connectivity index is 1.42. The van der Waals surface area contributed by atoms with Gasteiger partial charge in [-0.15, -0.1) is 0 Å². The van der Waals surface area contributed by atoms with E-state index in [0.29, 0.717) is 18.2 Å². The first-order valence-electron chi connectivity index (χ1n) is 7.57. The monoisotopic (exact) mass is 270 g/mol. The van der Waals surface area contributed by atoms with Crippen LogP contribution in [0.4, 0.5) is 0 Å². The summed E-state index contributed by atoms with van der Waals surface area (Å²) in [7, 11) is 0. The number of aromatic amines is 1. The van der Waals surface area contributed by atoms with Gasteiger partial charge in [-0.25, -0.2) is 0 Å². The zero-order valence-electron chi connectivity index (χ0n) is 11.9. The van der Waals surface area contributed by atoms with Gasteiger partial charge in [-0.2, -0.15) is 0 Å². The number of hydrogen-bond acceptors (Lipinski definition) is 2. The zero-order chi connectivity index (χ0) is 13.8. The van der Waals surface area contributed by atoms with Crippen LogP contribution in [-0.2, 0) is 6.42 Å². The highest BCUT2D eigenvalue weighted by Gasteiger charge is 2.67. The van der Waals surface area contributed by atoms with E-state index in [-0.39, 0.29) is 5.41 Å². The molecule has 3 N–H and O–H groups in total. The van der Waals surface area contributed by atoms with Crippen LogP contribution in [0.25, 0.3) is 10.9 Å².